The molecule has 3 heteroatoms. The quantitative estimate of drug-likeness (QED) is 0.644. The van der Waals surface area contributed by atoms with E-state index in [1.54, 1.807) is 0 Å². The van der Waals surface area contributed by atoms with E-state index < -0.39 is 17.5 Å². The van der Waals surface area contributed by atoms with Crippen LogP contribution in [-0.4, -0.2) is 11.6 Å². The lowest BCUT2D eigenvalue weighted by Crippen LogP contribution is -2.30. The van der Waals surface area contributed by atoms with E-state index in [0.29, 0.717) is 25.7 Å². The summed E-state index contributed by atoms with van der Waals surface area (Å²) >= 11 is 0. The third kappa shape index (κ3) is 2.34. The molecule has 0 heterocycles. The molecule has 2 aliphatic rings. The smallest absolute Gasteiger partial charge is 0.243 e. The van der Waals surface area contributed by atoms with Gasteiger partial charge in [-0.15, -0.1) is 0 Å². The predicted molar refractivity (Wildman–Crippen MR) is 62.9 cm³/mol. The summed E-state index contributed by atoms with van der Waals surface area (Å²) in [7, 11) is 0. The summed E-state index contributed by atoms with van der Waals surface area (Å²) in [6.07, 6.45) is 2.68. The molecule has 0 radical (unpaired) electrons. The molecule has 0 amide bonds. The number of halogens is 3. The summed E-state index contributed by atoms with van der Waals surface area (Å²) in [4.78, 5) is 0. The van der Waals surface area contributed by atoms with E-state index in [2.05, 4.69) is 0 Å². The molecule has 0 bridgehead atoms. The second-order valence-electron chi connectivity index (χ2n) is 7.36. The van der Waals surface area contributed by atoms with E-state index in [1.807, 2.05) is 27.7 Å². The highest BCUT2D eigenvalue weighted by molar-refractivity contribution is 5.07. The molecule has 2 fully saturated rings. The highest BCUT2D eigenvalue weighted by atomic mass is 19.3. The normalized spacial score (nSPS) is 30.2. The van der Waals surface area contributed by atoms with Crippen LogP contribution >= 0.6 is 0 Å². The van der Waals surface area contributed by atoms with Gasteiger partial charge in [-0.05, 0) is 36.5 Å². The van der Waals surface area contributed by atoms with E-state index in [9.17, 15) is 13.2 Å². The van der Waals surface area contributed by atoms with E-state index in [-0.39, 0.29) is 17.3 Å². The van der Waals surface area contributed by atoms with Gasteiger partial charge in [0.15, 0.2) is 0 Å². The van der Waals surface area contributed by atoms with Crippen molar-refractivity contribution >= 4 is 0 Å². The van der Waals surface area contributed by atoms with Gasteiger partial charge < -0.3 is 0 Å². The third-order valence-corrected chi connectivity index (χ3v) is 5.07. The SMILES string of the molecule is CC(C)(CCC(C)(C)C1(F)CC1)C1CC1(F)F. The Kier molecular flexibility index (Phi) is 2.66. The maximum atomic E-state index is 14.1. The van der Waals surface area contributed by atoms with Crippen LogP contribution in [0.4, 0.5) is 13.2 Å². The molecule has 2 aliphatic carbocycles. The monoisotopic (exact) mass is 248 g/mol. The molecule has 2 rings (SSSR count). The van der Waals surface area contributed by atoms with E-state index in [0.717, 1.165) is 0 Å². The molecule has 0 aromatic heterocycles. The minimum atomic E-state index is -2.47. The number of hydrogen-bond acceptors (Lipinski definition) is 0. The molecule has 0 nitrogen and oxygen atoms in total. The molecule has 0 aliphatic heterocycles. The first kappa shape index (κ1) is 13.2. The van der Waals surface area contributed by atoms with Crippen molar-refractivity contribution < 1.29 is 13.2 Å². The van der Waals surface area contributed by atoms with Gasteiger partial charge >= 0.3 is 0 Å². The first-order chi connectivity index (χ1) is 7.50. The van der Waals surface area contributed by atoms with Crippen molar-refractivity contribution in [2.75, 3.05) is 0 Å². The zero-order chi connectivity index (χ0) is 13.1. The second-order valence-corrected chi connectivity index (χ2v) is 7.36. The lowest BCUT2D eigenvalue weighted by molar-refractivity contribution is 0.0470. The Balaban J connectivity index is 1.90. The standard InChI is InChI=1S/C14H23F3/c1-11(2,10-9-14(10,16)17)5-6-12(3,4)13(15)7-8-13/h10H,5-9H2,1-4H3. The van der Waals surface area contributed by atoms with Crippen molar-refractivity contribution in [3.8, 4) is 0 Å². The summed E-state index contributed by atoms with van der Waals surface area (Å²) in [5.41, 5.74) is -1.77. The van der Waals surface area contributed by atoms with Gasteiger partial charge in [0.05, 0.1) is 0 Å². The van der Waals surface area contributed by atoms with Crippen molar-refractivity contribution in [3.63, 3.8) is 0 Å². The molecule has 100 valence electrons. The van der Waals surface area contributed by atoms with Gasteiger partial charge in [-0.25, -0.2) is 13.2 Å². The van der Waals surface area contributed by atoms with Gasteiger partial charge in [0.1, 0.15) is 5.67 Å². The molecule has 0 aromatic rings. The molecule has 0 aromatic carbocycles. The van der Waals surface area contributed by atoms with Gasteiger partial charge in [0.25, 0.3) is 5.92 Å². The Morgan fingerprint density at radius 1 is 1.00 bits per heavy atom. The summed E-state index contributed by atoms with van der Waals surface area (Å²) in [5, 5.41) is 0. The van der Waals surface area contributed by atoms with Crippen LogP contribution in [0.25, 0.3) is 0 Å². The zero-order valence-corrected chi connectivity index (χ0v) is 11.2. The van der Waals surface area contributed by atoms with Crippen LogP contribution in [0.1, 0.15) is 59.8 Å². The molecule has 1 unspecified atom stereocenters. The summed E-state index contributed by atoms with van der Waals surface area (Å²) < 4.78 is 40.2. The predicted octanol–water partition coefficient (Wildman–Crippen LogP) is 4.98. The molecule has 17 heavy (non-hydrogen) atoms. The average Bonchev–Trinajstić information content (AvgIpc) is 3.03. The molecule has 0 spiro atoms. The van der Waals surface area contributed by atoms with Gasteiger partial charge in [-0.3, -0.25) is 0 Å². The molecular formula is C14H23F3. The van der Waals surface area contributed by atoms with Crippen LogP contribution in [0.3, 0.4) is 0 Å². The lowest BCUT2D eigenvalue weighted by Gasteiger charge is -2.33. The van der Waals surface area contributed by atoms with E-state index in [4.69, 9.17) is 0 Å². The third-order valence-electron chi connectivity index (χ3n) is 5.07. The topological polar surface area (TPSA) is 0 Å². The minimum Gasteiger partial charge on any atom is -0.243 e. The summed E-state index contributed by atoms with van der Waals surface area (Å²) in [5.74, 6) is -2.97. The molecule has 0 N–H and O–H groups in total. The van der Waals surface area contributed by atoms with Crippen LogP contribution in [0, 0.1) is 16.7 Å². The Hall–Kier alpha value is -0.210. The highest BCUT2D eigenvalue weighted by Gasteiger charge is 2.63. The van der Waals surface area contributed by atoms with Crippen LogP contribution in [0.2, 0.25) is 0 Å². The fraction of sp³-hybridized carbons (Fsp3) is 1.00. The number of rotatable bonds is 5. The van der Waals surface area contributed by atoms with Crippen molar-refractivity contribution in [1.29, 1.82) is 0 Å². The fourth-order valence-corrected chi connectivity index (χ4v) is 2.88. The average molecular weight is 248 g/mol. The first-order valence-electron chi connectivity index (χ1n) is 6.57. The van der Waals surface area contributed by atoms with Gasteiger partial charge in [0, 0.05) is 12.3 Å². The van der Waals surface area contributed by atoms with Crippen LogP contribution in [-0.2, 0) is 0 Å². The lowest BCUT2D eigenvalue weighted by atomic mass is 9.73. The Bertz CT molecular complexity index is 313. The van der Waals surface area contributed by atoms with Crippen LogP contribution in [0.5, 0.6) is 0 Å². The van der Waals surface area contributed by atoms with Crippen molar-refractivity contribution in [3.05, 3.63) is 0 Å². The van der Waals surface area contributed by atoms with Crippen LogP contribution < -0.4 is 0 Å². The first-order valence-corrected chi connectivity index (χ1v) is 6.57. The van der Waals surface area contributed by atoms with Crippen molar-refractivity contribution in [2.24, 2.45) is 16.7 Å². The molecule has 0 saturated heterocycles. The van der Waals surface area contributed by atoms with Gasteiger partial charge in [-0.1, -0.05) is 27.7 Å². The van der Waals surface area contributed by atoms with Crippen LogP contribution in [0.15, 0.2) is 0 Å². The van der Waals surface area contributed by atoms with Gasteiger partial charge in [0.2, 0.25) is 0 Å². The second kappa shape index (κ2) is 3.42. The zero-order valence-electron chi connectivity index (χ0n) is 11.2. The summed E-state index contributed by atoms with van der Waals surface area (Å²) in [6, 6.07) is 0. The molecule has 2 saturated carbocycles. The van der Waals surface area contributed by atoms with E-state index in [1.165, 1.54) is 0 Å². The summed E-state index contributed by atoms with van der Waals surface area (Å²) in [6.45, 7) is 7.65. The number of alkyl halides is 3. The number of hydrogen-bond donors (Lipinski definition) is 0. The maximum absolute atomic E-state index is 14.1. The molecular weight excluding hydrogens is 225 g/mol. The Morgan fingerprint density at radius 2 is 1.47 bits per heavy atom. The van der Waals surface area contributed by atoms with Crippen molar-refractivity contribution in [2.45, 2.75) is 71.4 Å². The molecule has 1 atom stereocenters. The highest BCUT2D eigenvalue weighted by Crippen LogP contribution is 2.61. The van der Waals surface area contributed by atoms with Gasteiger partial charge in [-0.2, -0.15) is 0 Å². The minimum absolute atomic E-state index is 0.0151. The Labute approximate surface area is 102 Å². The fourth-order valence-electron chi connectivity index (χ4n) is 2.88. The van der Waals surface area contributed by atoms with Crippen molar-refractivity contribution in [1.82, 2.24) is 0 Å². The maximum Gasteiger partial charge on any atom is 0.252 e. The van der Waals surface area contributed by atoms with E-state index >= 15 is 0 Å². The Morgan fingerprint density at radius 3 is 1.82 bits per heavy atom. The largest absolute Gasteiger partial charge is 0.252 e.